The first-order valence-corrected chi connectivity index (χ1v) is 6.06. The highest BCUT2D eigenvalue weighted by Gasteiger charge is 2.09. The van der Waals surface area contributed by atoms with E-state index in [4.69, 9.17) is 5.26 Å². The number of nitrogens with zero attached hydrogens (tertiary/aromatic N) is 1. The standard InChI is InChI=1S/C16H11FN2O2/c17-13-3-5-14(6-4-13)19-16(21)12(10-18)9-11-1-7-15(20)8-2-11/h1-9,20H,(H,19,21). The van der Waals surface area contributed by atoms with Gasteiger partial charge in [-0.15, -0.1) is 0 Å². The molecule has 5 heteroatoms. The van der Waals surface area contributed by atoms with E-state index in [0.29, 0.717) is 11.3 Å². The predicted octanol–water partition coefficient (Wildman–Crippen LogP) is 3.08. The van der Waals surface area contributed by atoms with Gasteiger partial charge in [-0.25, -0.2) is 4.39 Å². The van der Waals surface area contributed by atoms with Crippen LogP contribution in [0, 0.1) is 17.1 Å². The lowest BCUT2D eigenvalue weighted by Gasteiger charge is -2.04. The summed E-state index contributed by atoms with van der Waals surface area (Å²) in [5.74, 6) is -0.897. The normalized spacial score (nSPS) is 10.8. The van der Waals surface area contributed by atoms with E-state index >= 15 is 0 Å². The van der Waals surface area contributed by atoms with E-state index in [1.807, 2.05) is 6.07 Å². The van der Waals surface area contributed by atoms with Gasteiger partial charge >= 0.3 is 0 Å². The number of rotatable bonds is 3. The van der Waals surface area contributed by atoms with Crippen LogP contribution in [0.3, 0.4) is 0 Å². The van der Waals surface area contributed by atoms with Crippen molar-refractivity contribution >= 4 is 17.7 Å². The number of hydrogen-bond acceptors (Lipinski definition) is 3. The van der Waals surface area contributed by atoms with Crippen molar-refractivity contribution in [1.29, 1.82) is 5.26 Å². The quantitative estimate of drug-likeness (QED) is 0.671. The number of phenolic OH excluding ortho intramolecular Hbond substituents is 1. The molecule has 0 fully saturated rings. The Labute approximate surface area is 120 Å². The SMILES string of the molecule is N#CC(=Cc1ccc(O)cc1)C(=O)Nc1ccc(F)cc1. The number of halogens is 1. The van der Waals surface area contributed by atoms with Crippen molar-refractivity contribution in [1.82, 2.24) is 0 Å². The van der Waals surface area contributed by atoms with Crippen LogP contribution in [0.1, 0.15) is 5.56 Å². The molecule has 2 rings (SSSR count). The molecule has 4 nitrogen and oxygen atoms in total. The molecule has 0 unspecified atom stereocenters. The minimum Gasteiger partial charge on any atom is -0.508 e. The van der Waals surface area contributed by atoms with Crippen molar-refractivity contribution in [3.63, 3.8) is 0 Å². The lowest BCUT2D eigenvalue weighted by atomic mass is 10.1. The Bertz CT molecular complexity index is 713. The number of nitriles is 1. The van der Waals surface area contributed by atoms with Gasteiger partial charge in [0.05, 0.1) is 0 Å². The number of carbonyl (C=O) groups is 1. The highest BCUT2D eigenvalue weighted by molar-refractivity contribution is 6.09. The Hall–Kier alpha value is -3.13. The first-order chi connectivity index (χ1) is 10.1. The summed E-state index contributed by atoms with van der Waals surface area (Å²) in [5.41, 5.74) is 0.914. The molecule has 0 aliphatic rings. The summed E-state index contributed by atoms with van der Waals surface area (Å²) >= 11 is 0. The lowest BCUT2D eigenvalue weighted by Crippen LogP contribution is -2.13. The maximum absolute atomic E-state index is 12.8. The minimum atomic E-state index is -0.586. The van der Waals surface area contributed by atoms with Crippen LogP contribution in [-0.4, -0.2) is 11.0 Å². The maximum Gasteiger partial charge on any atom is 0.266 e. The molecule has 2 aromatic rings. The van der Waals surface area contributed by atoms with Crippen LogP contribution in [0.15, 0.2) is 54.1 Å². The molecule has 0 saturated carbocycles. The van der Waals surface area contributed by atoms with Crippen molar-refractivity contribution in [2.75, 3.05) is 5.32 Å². The van der Waals surface area contributed by atoms with Gasteiger partial charge in [0, 0.05) is 5.69 Å². The van der Waals surface area contributed by atoms with Crippen LogP contribution in [-0.2, 0) is 4.79 Å². The van der Waals surface area contributed by atoms with Gasteiger partial charge in [0.25, 0.3) is 5.91 Å². The van der Waals surface area contributed by atoms with Crippen LogP contribution < -0.4 is 5.32 Å². The molecule has 0 spiro atoms. The second kappa shape index (κ2) is 6.35. The summed E-state index contributed by atoms with van der Waals surface area (Å²) in [7, 11) is 0. The van der Waals surface area contributed by atoms with Gasteiger partial charge in [0.15, 0.2) is 0 Å². The summed E-state index contributed by atoms with van der Waals surface area (Å²) in [6, 6.07) is 13.1. The largest absolute Gasteiger partial charge is 0.508 e. The van der Waals surface area contributed by atoms with Crippen LogP contribution in [0.5, 0.6) is 5.75 Å². The number of anilines is 1. The van der Waals surface area contributed by atoms with E-state index in [-0.39, 0.29) is 11.3 Å². The molecule has 0 heterocycles. The molecule has 0 bridgehead atoms. The Morgan fingerprint density at radius 3 is 2.33 bits per heavy atom. The lowest BCUT2D eigenvalue weighted by molar-refractivity contribution is -0.112. The third kappa shape index (κ3) is 3.91. The second-order valence-electron chi connectivity index (χ2n) is 4.22. The monoisotopic (exact) mass is 282 g/mol. The number of carbonyl (C=O) groups excluding carboxylic acids is 1. The highest BCUT2D eigenvalue weighted by atomic mass is 19.1. The maximum atomic E-state index is 12.8. The van der Waals surface area contributed by atoms with Crippen LogP contribution >= 0.6 is 0 Å². The van der Waals surface area contributed by atoms with Gasteiger partial charge in [-0.1, -0.05) is 12.1 Å². The van der Waals surface area contributed by atoms with Crippen molar-refractivity contribution in [2.45, 2.75) is 0 Å². The average molecular weight is 282 g/mol. The Kier molecular flexibility index (Phi) is 4.32. The molecule has 0 atom stereocenters. The molecular formula is C16H11FN2O2. The zero-order valence-electron chi connectivity index (χ0n) is 10.9. The molecule has 0 aliphatic heterocycles. The fourth-order valence-electron chi connectivity index (χ4n) is 1.62. The Morgan fingerprint density at radius 1 is 1.14 bits per heavy atom. The van der Waals surface area contributed by atoms with Crippen molar-refractivity contribution in [3.8, 4) is 11.8 Å². The van der Waals surface area contributed by atoms with Crippen LogP contribution in [0.4, 0.5) is 10.1 Å². The van der Waals surface area contributed by atoms with E-state index in [0.717, 1.165) is 0 Å². The summed E-state index contributed by atoms with van der Waals surface area (Å²) in [6.45, 7) is 0. The number of phenols is 1. The summed E-state index contributed by atoms with van der Waals surface area (Å²) in [5, 5.41) is 20.7. The molecule has 2 aromatic carbocycles. The van der Waals surface area contributed by atoms with Crippen molar-refractivity contribution < 1.29 is 14.3 Å². The number of hydrogen-bond donors (Lipinski definition) is 2. The topological polar surface area (TPSA) is 73.1 Å². The molecule has 104 valence electrons. The molecule has 1 amide bonds. The first-order valence-electron chi connectivity index (χ1n) is 6.06. The summed E-state index contributed by atoms with van der Waals surface area (Å²) in [4.78, 5) is 12.0. The number of benzene rings is 2. The smallest absolute Gasteiger partial charge is 0.266 e. The number of nitrogens with one attached hydrogen (secondary N) is 1. The summed E-state index contributed by atoms with van der Waals surface area (Å²) in [6.07, 6.45) is 1.40. The van der Waals surface area contributed by atoms with Gasteiger partial charge in [-0.2, -0.15) is 5.26 Å². The third-order valence-corrected chi connectivity index (χ3v) is 2.67. The molecule has 0 saturated heterocycles. The van der Waals surface area contributed by atoms with Crippen molar-refractivity contribution in [3.05, 3.63) is 65.5 Å². The zero-order chi connectivity index (χ0) is 15.2. The Balaban J connectivity index is 2.17. The molecule has 2 N–H and O–H groups in total. The van der Waals surface area contributed by atoms with Crippen LogP contribution in [0.25, 0.3) is 6.08 Å². The average Bonchev–Trinajstić information content (AvgIpc) is 2.49. The zero-order valence-corrected chi connectivity index (χ0v) is 10.9. The van der Waals surface area contributed by atoms with E-state index in [9.17, 15) is 14.3 Å². The van der Waals surface area contributed by atoms with Gasteiger partial charge in [0.2, 0.25) is 0 Å². The van der Waals surface area contributed by atoms with Crippen molar-refractivity contribution in [2.24, 2.45) is 0 Å². The van der Waals surface area contributed by atoms with E-state index in [1.54, 1.807) is 12.1 Å². The molecule has 0 aromatic heterocycles. The number of aromatic hydroxyl groups is 1. The van der Waals surface area contributed by atoms with Gasteiger partial charge < -0.3 is 10.4 Å². The van der Waals surface area contributed by atoms with Gasteiger partial charge in [-0.3, -0.25) is 4.79 Å². The molecule has 0 aliphatic carbocycles. The fourth-order valence-corrected chi connectivity index (χ4v) is 1.62. The molecule has 21 heavy (non-hydrogen) atoms. The second-order valence-corrected chi connectivity index (χ2v) is 4.22. The van der Waals surface area contributed by atoms with Gasteiger partial charge in [-0.05, 0) is 48.0 Å². The van der Waals surface area contributed by atoms with Gasteiger partial charge in [0.1, 0.15) is 23.2 Å². The van der Waals surface area contributed by atoms with E-state index in [1.165, 1.54) is 42.5 Å². The fraction of sp³-hybridized carbons (Fsp3) is 0. The van der Waals surface area contributed by atoms with Crippen LogP contribution in [0.2, 0.25) is 0 Å². The molecule has 0 radical (unpaired) electrons. The Morgan fingerprint density at radius 2 is 1.76 bits per heavy atom. The first kappa shape index (κ1) is 14.3. The predicted molar refractivity (Wildman–Crippen MR) is 76.7 cm³/mol. The number of amides is 1. The van der Waals surface area contributed by atoms with E-state index in [2.05, 4.69) is 5.32 Å². The minimum absolute atomic E-state index is 0.0926. The summed E-state index contributed by atoms with van der Waals surface area (Å²) < 4.78 is 12.8. The van der Waals surface area contributed by atoms with E-state index < -0.39 is 11.7 Å². The third-order valence-electron chi connectivity index (χ3n) is 2.67. The molecular weight excluding hydrogens is 271 g/mol. The highest BCUT2D eigenvalue weighted by Crippen LogP contribution is 2.14.